The highest BCUT2D eigenvalue weighted by Gasteiger charge is 2.36. The van der Waals surface area contributed by atoms with E-state index in [4.69, 9.17) is 4.74 Å². The van der Waals surface area contributed by atoms with E-state index in [1.54, 1.807) is 38.4 Å². The number of hydrogen-bond donors (Lipinski definition) is 2. The van der Waals surface area contributed by atoms with Crippen LogP contribution in [-0.4, -0.2) is 96.3 Å². The number of likely N-dealkylation sites (tertiary alicyclic amines) is 1. The van der Waals surface area contributed by atoms with Crippen molar-refractivity contribution in [2.45, 2.75) is 50.6 Å². The number of fused-ring (bicyclic) bond motifs is 1. The Hall–Kier alpha value is -4.19. The number of carbonyl (C=O) groups excluding carboxylic acids is 6. The Morgan fingerprint density at radius 1 is 1.02 bits per heavy atom. The molecule has 2 aromatic rings. The fourth-order valence-corrected chi connectivity index (χ4v) is 6.32. The van der Waals surface area contributed by atoms with Gasteiger partial charge in [-0.1, -0.05) is 36.4 Å². The molecule has 11 nitrogen and oxygen atoms in total. The Bertz CT molecular complexity index is 1430. The number of nitrogens with zero attached hydrogens (tertiary/aromatic N) is 2. The molecular formula is C31H36N4O7S. The Balaban J connectivity index is 1.67. The van der Waals surface area contributed by atoms with Crippen LogP contribution in [0.1, 0.15) is 53.0 Å². The van der Waals surface area contributed by atoms with Crippen molar-refractivity contribution < 1.29 is 33.5 Å². The number of benzene rings is 2. The normalized spacial score (nSPS) is 20.9. The van der Waals surface area contributed by atoms with E-state index >= 15 is 0 Å². The summed E-state index contributed by atoms with van der Waals surface area (Å²) in [6.07, 6.45) is 1.10. The van der Waals surface area contributed by atoms with Gasteiger partial charge in [0.25, 0.3) is 0 Å². The van der Waals surface area contributed by atoms with Crippen LogP contribution in [0.3, 0.4) is 0 Å². The molecule has 2 aliphatic rings. The third-order valence-electron chi connectivity index (χ3n) is 7.56. The zero-order valence-corrected chi connectivity index (χ0v) is 25.5. The molecule has 4 rings (SSSR count). The SMILES string of the molecule is CC(=O)c1ccc(-c2cccc3c2CSC[C@H](C(=O)N(C)C)NC(=O)[C@H](NC(=O)[C@@H]2CCCN2C(C)=O)COC3=O)cc1. The van der Waals surface area contributed by atoms with Crippen LogP contribution < -0.4 is 10.6 Å². The van der Waals surface area contributed by atoms with E-state index in [0.29, 0.717) is 41.8 Å². The average Bonchev–Trinajstić information content (AvgIpc) is 3.48. The summed E-state index contributed by atoms with van der Waals surface area (Å²) in [5.41, 5.74) is 3.10. The van der Waals surface area contributed by atoms with Crippen molar-refractivity contribution in [3.05, 3.63) is 59.2 Å². The van der Waals surface area contributed by atoms with Crippen LogP contribution in [0.25, 0.3) is 11.1 Å². The van der Waals surface area contributed by atoms with Gasteiger partial charge in [-0.3, -0.25) is 24.0 Å². The fraction of sp³-hybridized carbons (Fsp3) is 0.419. The molecule has 228 valence electrons. The van der Waals surface area contributed by atoms with Crippen molar-refractivity contribution in [2.75, 3.05) is 33.0 Å². The summed E-state index contributed by atoms with van der Waals surface area (Å²) in [6.45, 7) is 2.84. The lowest BCUT2D eigenvalue weighted by molar-refractivity contribution is -0.139. The second kappa shape index (κ2) is 13.9. The van der Waals surface area contributed by atoms with Gasteiger partial charge in [-0.2, -0.15) is 11.8 Å². The molecule has 2 heterocycles. The van der Waals surface area contributed by atoms with Gasteiger partial charge in [0.1, 0.15) is 24.7 Å². The van der Waals surface area contributed by atoms with Gasteiger partial charge >= 0.3 is 5.97 Å². The zero-order chi connectivity index (χ0) is 31.3. The first-order valence-electron chi connectivity index (χ1n) is 14.0. The topological polar surface area (TPSA) is 142 Å². The summed E-state index contributed by atoms with van der Waals surface area (Å²) >= 11 is 1.37. The molecule has 0 saturated carbocycles. The van der Waals surface area contributed by atoms with Gasteiger partial charge in [-0.15, -0.1) is 0 Å². The molecule has 4 amide bonds. The van der Waals surface area contributed by atoms with Gasteiger partial charge in [-0.25, -0.2) is 4.79 Å². The number of rotatable bonds is 5. The smallest absolute Gasteiger partial charge is 0.338 e. The number of likely N-dealkylation sites (N-methyl/N-ethyl adjacent to an activating group) is 1. The third-order valence-corrected chi connectivity index (χ3v) is 8.62. The number of carbonyl (C=O) groups is 6. The summed E-state index contributed by atoms with van der Waals surface area (Å²) < 4.78 is 5.60. The second-order valence-electron chi connectivity index (χ2n) is 10.8. The number of ketones is 1. The number of amides is 4. The largest absolute Gasteiger partial charge is 0.459 e. The van der Waals surface area contributed by atoms with E-state index in [-0.39, 0.29) is 23.4 Å². The molecule has 0 aliphatic carbocycles. The maximum atomic E-state index is 13.4. The summed E-state index contributed by atoms with van der Waals surface area (Å²) in [5.74, 6) is -1.96. The van der Waals surface area contributed by atoms with E-state index in [0.717, 1.165) is 11.1 Å². The van der Waals surface area contributed by atoms with Crippen molar-refractivity contribution >= 4 is 47.1 Å². The summed E-state index contributed by atoms with van der Waals surface area (Å²) in [5, 5.41) is 5.38. The molecule has 0 radical (unpaired) electrons. The van der Waals surface area contributed by atoms with E-state index in [1.165, 1.54) is 35.4 Å². The van der Waals surface area contributed by atoms with Crippen LogP contribution in [0.15, 0.2) is 42.5 Å². The standard InChI is InChI=1S/C31H36N4O7S/c1-18(36)20-10-12-21(13-11-20)22-7-5-8-23-24(22)16-43-17-26(30(40)34(3)4)33-28(38)25(15-42-31(23)41)32-29(39)27-9-6-14-35(27)19(2)37/h5,7-8,10-13,25-27H,6,9,14-17H2,1-4H3,(H,32,39)(H,33,38)/t25-,26-,27+/m1/s1. The minimum absolute atomic E-state index is 0.0589. The van der Waals surface area contributed by atoms with Crippen molar-refractivity contribution in [3.8, 4) is 11.1 Å². The number of thioether (sulfide) groups is 1. The van der Waals surface area contributed by atoms with E-state index in [1.807, 2.05) is 18.2 Å². The Morgan fingerprint density at radius 2 is 1.72 bits per heavy atom. The monoisotopic (exact) mass is 608 g/mol. The zero-order valence-electron chi connectivity index (χ0n) is 24.7. The molecule has 3 atom stereocenters. The molecule has 0 bridgehead atoms. The molecule has 2 aliphatic heterocycles. The predicted octanol–water partition coefficient (Wildman–Crippen LogP) is 2.03. The second-order valence-corrected chi connectivity index (χ2v) is 11.8. The van der Waals surface area contributed by atoms with Crippen LogP contribution in [0.2, 0.25) is 0 Å². The van der Waals surface area contributed by atoms with Crippen LogP contribution in [-0.2, 0) is 29.7 Å². The van der Waals surface area contributed by atoms with Crippen molar-refractivity contribution in [1.82, 2.24) is 20.4 Å². The summed E-state index contributed by atoms with van der Waals surface area (Å²) in [4.78, 5) is 79.7. The van der Waals surface area contributed by atoms with Gasteiger partial charge in [0.15, 0.2) is 5.78 Å². The maximum Gasteiger partial charge on any atom is 0.338 e. The van der Waals surface area contributed by atoms with Crippen LogP contribution >= 0.6 is 11.8 Å². The minimum atomic E-state index is -1.29. The molecule has 43 heavy (non-hydrogen) atoms. The van der Waals surface area contributed by atoms with Gasteiger partial charge in [0.2, 0.25) is 23.6 Å². The number of nitrogens with one attached hydrogen (secondary N) is 2. The van der Waals surface area contributed by atoms with Crippen molar-refractivity contribution in [1.29, 1.82) is 0 Å². The van der Waals surface area contributed by atoms with Gasteiger partial charge in [-0.05, 0) is 42.5 Å². The molecule has 1 saturated heterocycles. The molecule has 12 heteroatoms. The van der Waals surface area contributed by atoms with Gasteiger partial charge < -0.3 is 25.2 Å². The summed E-state index contributed by atoms with van der Waals surface area (Å²) in [7, 11) is 3.18. The van der Waals surface area contributed by atoms with E-state index in [9.17, 15) is 28.8 Å². The molecule has 0 unspecified atom stereocenters. The third kappa shape index (κ3) is 7.42. The van der Waals surface area contributed by atoms with Gasteiger partial charge in [0.05, 0.1) is 5.56 Å². The molecule has 2 aromatic carbocycles. The van der Waals surface area contributed by atoms with Crippen molar-refractivity contribution in [2.24, 2.45) is 0 Å². The number of hydrogen-bond acceptors (Lipinski definition) is 8. The highest BCUT2D eigenvalue weighted by molar-refractivity contribution is 7.98. The Kier molecular flexibility index (Phi) is 10.2. The lowest BCUT2D eigenvalue weighted by atomic mass is 9.95. The lowest BCUT2D eigenvalue weighted by Gasteiger charge is -2.28. The molecule has 1 fully saturated rings. The molecule has 0 spiro atoms. The first-order valence-corrected chi connectivity index (χ1v) is 15.2. The lowest BCUT2D eigenvalue weighted by Crippen LogP contribution is -2.58. The fourth-order valence-electron chi connectivity index (χ4n) is 5.23. The van der Waals surface area contributed by atoms with Crippen LogP contribution in [0, 0.1) is 0 Å². The quantitative estimate of drug-likeness (QED) is 0.388. The number of Topliss-reactive ketones (excluding diaryl/α,β-unsaturated/α-hetero) is 1. The Labute approximate surface area is 254 Å². The number of ether oxygens (including phenoxy) is 1. The van der Waals surface area contributed by atoms with Gasteiger partial charge in [0, 0.05) is 44.6 Å². The Morgan fingerprint density at radius 3 is 2.37 bits per heavy atom. The van der Waals surface area contributed by atoms with Crippen molar-refractivity contribution in [3.63, 3.8) is 0 Å². The number of esters is 1. The molecular weight excluding hydrogens is 572 g/mol. The highest BCUT2D eigenvalue weighted by atomic mass is 32.2. The molecule has 2 N–H and O–H groups in total. The van der Waals surface area contributed by atoms with Crippen LogP contribution in [0.5, 0.6) is 0 Å². The first kappa shape index (κ1) is 31.7. The number of cyclic esters (lactones) is 1. The maximum absolute atomic E-state index is 13.4. The average molecular weight is 609 g/mol. The minimum Gasteiger partial charge on any atom is -0.459 e. The highest BCUT2D eigenvalue weighted by Crippen LogP contribution is 2.31. The molecule has 0 aromatic heterocycles. The first-order chi connectivity index (χ1) is 20.5. The van der Waals surface area contributed by atoms with Crippen LogP contribution in [0.4, 0.5) is 0 Å². The van der Waals surface area contributed by atoms with E-state index in [2.05, 4.69) is 10.6 Å². The summed E-state index contributed by atoms with van der Waals surface area (Å²) in [6, 6.07) is 9.38. The van der Waals surface area contributed by atoms with E-state index < -0.39 is 42.5 Å². The predicted molar refractivity (Wildman–Crippen MR) is 161 cm³/mol.